The number of para-hydroxylation sites is 2. The molecule has 6 rings (SSSR count). The Hall–Kier alpha value is -3.57. The van der Waals surface area contributed by atoms with Crippen molar-refractivity contribution < 1.29 is 9.53 Å². The number of rotatable bonds is 2. The molecule has 0 unspecified atom stereocenters. The molecule has 1 spiro atoms. The highest BCUT2D eigenvalue weighted by Gasteiger charge is 2.55. The fourth-order valence-electron chi connectivity index (χ4n) is 5.36. The van der Waals surface area contributed by atoms with Gasteiger partial charge in [0.1, 0.15) is 5.75 Å². The van der Waals surface area contributed by atoms with E-state index in [9.17, 15) is 4.79 Å². The molecular formula is C26H23N3O2. The van der Waals surface area contributed by atoms with Gasteiger partial charge in [-0.3, -0.25) is 10.1 Å². The average Bonchev–Trinajstić information content (AvgIpc) is 3.31. The summed E-state index contributed by atoms with van der Waals surface area (Å²) in [7, 11) is 3.54. The number of H-pyrrole nitrogens is 1. The quantitative estimate of drug-likeness (QED) is 0.523. The second-order valence-corrected chi connectivity index (χ2v) is 8.30. The number of benzene rings is 3. The van der Waals surface area contributed by atoms with Gasteiger partial charge in [0.25, 0.3) is 5.91 Å². The number of aromatic nitrogens is 1. The normalized spacial score (nSPS) is 22.1. The Labute approximate surface area is 180 Å². The Morgan fingerprint density at radius 2 is 1.74 bits per heavy atom. The SMILES string of the molecule is COc1ccc([C@@H]2CN[C@]3(C(=O)N(C)c4ccccc43)c3[nH]c4ccccc4c32)cc1. The molecule has 31 heavy (non-hydrogen) atoms. The minimum atomic E-state index is -0.900. The van der Waals surface area contributed by atoms with Crippen molar-refractivity contribution >= 4 is 22.5 Å². The van der Waals surface area contributed by atoms with Gasteiger partial charge in [0.2, 0.25) is 0 Å². The minimum Gasteiger partial charge on any atom is -0.497 e. The summed E-state index contributed by atoms with van der Waals surface area (Å²) in [5.74, 6) is 1.01. The van der Waals surface area contributed by atoms with Crippen LogP contribution in [-0.2, 0) is 10.3 Å². The van der Waals surface area contributed by atoms with Crippen LogP contribution >= 0.6 is 0 Å². The lowest BCUT2D eigenvalue weighted by atomic mass is 9.76. The maximum Gasteiger partial charge on any atom is 0.257 e. The van der Waals surface area contributed by atoms with Crippen LogP contribution < -0.4 is 15.0 Å². The molecule has 3 aromatic carbocycles. The highest BCUT2D eigenvalue weighted by molar-refractivity contribution is 6.11. The summed E-state index contributed by atoms with van der Waals surface area (Å²) in [5, 5.41) is 4.84. The smallest absolute Gasteiger partial charge is 0.257 e. The molecule has 0 bridgehead atoms. The molecule has 0 radical (unpaired) electrons. The molecule has 0 saturated heterocycles. The van der Waals surface area contributed by atoms with Crippen molar-refractivity contribution in [2.45, 2.75) is 11.5 Å². The van der Waals surface area contributed by atoms with E-state index in [-0.39, 0.29) is 11.8 Å². The van der Waals surface area contributed by atoms with Gasteiger partial charge in [0, 0.05) is 41.7 Å². The minimum absolute atomic E-state index is 0.0506. The first-order valence-corrected chi connectivity index (χ1v) is 10.5. The number of carbonyl (C=O) groups is 1. The van der Waals surface area contributed by atoms with Gasteiger partial charge < -0.3 is 14.6 Å². The summed E-state index contributed by atoms with van der Waals surface area (Å²) < 4.78 is 5.35. The van der Waals surface area contributed by atoms with Crippen LogP contribution in [0.4, 0.5) is 5.69 Å². The van der Waals surface area contributed by atoms with Crippen molar-refractivity contribution in [1.29, 1.82) is 0 Å². The second kappa shape index (κ2) is 6.46. The van der Waals surface area contributed by atoms with Crippen LogP contribution in [0.5, 0.6) is 5.75 Å². The zero-order chi connectivity index (χ0) is 21.2. The van der Waals surface area contributed by atoms with Gasteiger partial charge in [-0.25, -0.2) is 0 Å². The van der Waals surface area contributed by atoms with Crippen LogP contribution in [0.25, 0.3) is 10.9 Å². The number of methoxy groups -OCH3 is 1. The summed E-state index contributed by atoms with van der Waals surface area (Å²) in [4.78, 5) is 19.1. The van der Waals surface area contributed by atoms with E-state index in [1.54, 1.807) is 12.0 Å². The number of hydrogen-bond donors (Lipinski definition) is 2. The lowest BCUT2D eigenvalue weighted by Crippen LogP contribution is -2.55. The fraction of sp³-hybridized carbons (Fsp3) is 0.192. The first-order chi connectivity index (χ1) is 15.1. The van der Waals surface area contributed by atoms with E-state index < -0.39 is 5.54 Å². The summed E-state index contributed by atoms with van der Waals surface area (Å²) >= 11 is 0. The third-order valence-corrected chi connectivity index (χ3v) is 6.85. The van der Waals surface area contributed by atoms with Gasteiger partial charge in [-0.05, 0) is 35.4 Å². The number of likely N-dealkylation sites (N-methyl/N-ethyl adjacent to an activating group) is 1. The number of hydrogen-bond acceptors (Lipinski definition) is 3. The summed E-state index contributed by atoms with van der Waals surface area (Å²) in [6, 6.07) is 24.6. The Morgan fingerprint density at radius 1 is 1.00 bits per heavy atom. The van der Waals surface area contributed by atoms with Crippen LogP contribution in [0.3, 0.4) is 0 Å². The molecule has 1 aromatic heterocycles. The predicted molar refractivity (Wildman–Crippen MR) is 122 cm³/mol. The molecule has 2 atom stereocenters. The molecule has 154 valence electrons. The fourth-order valence-corrected chi connectivity index (χ4v) is 5.36. The Morgan fingerprint density at radius 3 is 2.55 bits per heavy atom. The highest BCUT2D eigenvalue weighted by Crippen LogP contribution is 2.50. The monoisotopic (exact) mass is 409 g/mol. The van der Waals surface area contributed by atoms with E-state index in [1.165, 1.54) is 16.5 Å². The van der Waals surface area contributed by atoms with Gasteiger partial charge in [0.15, 0.2) is 5.54 Å². The molecule has 2 N–H and O–H groups in total. The number of fused-ring (bicyclic) bond motifs is 6. The summed E-state index contributed by atoms with van der Waals surface area (Å²) in [5.41, 5.74) is 5.44. The lowest BCUT2D eigenvalue weighted by molar-refractivity contribution is -0.122. The molecule has 3 heterocycles. The van der Waals surface area contributed by atoms with Gasteiger partial charge >= 0.3 is 0 Å². The standard InChI is InChI=1S/C26H23N3O2/c1-29-22-10-6-4-8-20(22)26(25(29)30)24-23(18-7-3-5-9-21(18)28-24)19(15-27-26)16-11-13-17(31-2)14-12-16/h3-14,19,27-28H,15H2,1-2H3/t19-,26-/m0/s1. The van der Waals surface area contributed by atoms with Crippen LogP contribution in [0.15, 0.2) is 72.8 Å². The van der Waals surface area contributed by atoms with Gasteiger partial charge in [-0.15, -0.1) is 0 Å². The topological polar surface area (TPSA) is 57.4 Å². The third kappa shape index (κ3) is 2.32. The van der Waals surface area contributed by atoms with Crippen molar-refractivity contribution in [2.75, 3.05) is 25.6 Å². The molecule has 0 saturated carbocycles. The number of ether oxygens (including phenoxy) is 1. The van der Waals surface area contributed by atoms with Gasteiger partial charge in [-0.2, -0.15) is 0 Å². The molecule has 2 aliphatic rings. The third-order valence-electron chi connectivity index (χ3n) is 6.85. The molecule has 0 aliphatic carbocycles. The molecule has 4 aromatic rings. The molecule has 5 nitrogen and oxygen atoms in total. The number of anilines is 1. The number of nitrogens with one attached hydrogen (secondary N) is 2. The first kappa shape index (κ1) is 18.2. The van der Waals surface area contributed by atoms with Crippen molar-refractivity contribution in [3.63, 3.8) is 0 Å². The number of amides is 1. The second-order valence-electron chi connectivity index (χ2n) is 8.30. The van der Waals surface area contributed by atoms with Crippen molar-refractivity contribution in [1.82, 2.24) is 10.3 Å². The maximum atomic E-state index is 13.7. The highest BCUT2D eigenvalue weighted by atomic mass is 16.5. The first-order valence-electron chi connectivity index (χ1n) is 10.5. The van der Waals surface area contributed by atoms with E-state index in [4.69, 9.17) is 4.74 Å². The molecule has 1 amide bonds. The lowest BCUT2D eigenvalue weighted by Gasteiger charge is -2.38. The van der Waals surface area contributed by atoms with Crippen molar-refractivity contribution in [2.24, 2.45) is 0 Å². The summed E-state index contributed by atoms with van der Waals surface area (Å²) in [6.07, 6.45) is 0. The van der Waals surface area contributed by atoms with E-state index in [0.717, 1.165) is 28.2 Å². The van der Waals surface area contributed by atoms with E-state index in [1.807, 2.05) is 43.4 Å². The van der Waals surface area contributed by atoms with Crippen LogP contribution in [0.1, 0.15) is 28.3 Å². The Bertz CT molecular complexity index is 1320. The van der Waals surface area contributed by atoms with E-state index in [0.29, 0.717) is 6.54 Å². The van der Waals surface area contributed by atoms with Crippen LogP contribution in [-0.4, -0.2) is 31.6 Å². The molecule has 2 aliphatic heterocycles. The zero-order valence-corrected chi connectivity index (χ0v) is 17.5. The molecule has 0 fully saturated rings. The number of aromatic amines is 1. The maximum absolute atomic E-state index is 13.7. The summed E-state index contributed by atoms with van der Waals surface area (Å²) in [6.45, 7) is 0.662. The van der Waals surface area contributed by atoms with E-state index in [2.05, 4.69) is 46.7 Å². The zero-order valence-electron chi connectivity index (χ0n) is 17.5. The number of nitrogens with zero attached hydrogens (tertiary/aromatic N) is 1. The molecule has 5 heteroatoms. The largest absolute Gasteiger partial charge is 0.497 e. The van der Waals surface area contributed by atoms with Crippen LogP contribution in [0, 0.1) is 0 Å². The van der Waals surface area contributed by atoms with Gasteiger partial charge in [0.05, 0.1) is 12.8 Å². The predicted octanol–water partition coefficient (Wildman–Crippen LogP) is 4.13. The van der Waals surface area contributed by atoms with Gasteiger partial charge in [-0.1, -0.05) is 48.5 Å². The Kier molecular flexibility index (Phi) is 3.80. The van der Waals surface area contributed by atoms with Crippen LogP contribution in [0.2, 0.25) is 0 Å². The van der Waals surface area contributed by atoms with Crippen molar-refractivity contribution in [3.05, 3.63) is 95.2 Å². The average molecular weight is 409 g/mol. The molecular weight excluding hydrogens is 386 g/mol. The number of carbonyl (C=O) groups excluding carboxylic acids is 1. The van der Waals surface area contributed by atoms with E-state index >= 15 is 0 Å². The van der Waals surface area contributed by atoms with Crippen molar-refractivity contribution in [3.8, 4) is 5.75 Å². The Balaban J connectivity index is 1.63.